The molecule has 0 aromatic rings. The Balaban J connectivity index is 0.00000289. The van der Waals surface area contributed by atoms with Gasteiger partial charge < -0.3 is 14.2 Å². The average Bonchev–Trinajstić information content (AvgIpc) is 2.66. The van der Waals surface area contributed by atoms with Gasteiger partial charge in [0.1, 0.15) is 0 Å². The van der Waals surface area contributed by atoms with Crippen molar-refractivity contribution in [3.05, 3.63) is 6.61 Å². The number of hydrogen-bond donors (Lipinski definition) is 0. The SMILES string of the molecule is CCC(C)[C@]1(CC)O[CH-][C@H](OC(C)=O)[C@@H]1OC.[U]. The fourth-order valence-corrected chi connectivity index (χ4v) is 2.60. The molecule has 4 atom stereocenters. The monoisotopic (exact) mass is 481 g/mol. The van der Waals surface area contributed by atoms with Gasteiger partial charge in [-0.2, -0.15) is 6.61 Å². The van der Waals surface area contributed by atoms with E-state index >= 15 is 0 Å². The summed E-state index contributed by atoms with van der Waals surface area (Å²) >= 11 is 0. The topological polar surface area (TPSA) is 44.8 Å². The summed E-state index contributed by atoms with van der Waals surface area (Å²) in [5.41, 5.74) is -0.385. The number of esters is 1. The second-order valence-electron chi connectivity index (χ2n) is 4.60. The van der Waals surface area contributed by atoms with Gasteiger partial charge in [-0.25, -0.2) is 0 Å². The van der Waals surface area contributed by atoms with E-state index in [0.29, 0.717) is 5.92 Å². The van der Waals surface area contributed by atoms with E-state index < -0.39 is 6.10 Å². The van der Waals surface area contributed by atoms with Gasteiger partial charge in [-0.05, 0) is 12.3 Å². The summed E-state index contributed by atoms with van der Waals surface area (Å²) < 4.78 is 16.6. The predicted octanol–water partition coefficient (Wildman–Crippen LogP) is 2.32. The van der Waals surface area contributed by atoms with Crippen LogP contribution >= 0.6 is 0 Å². The molecule has 104 valence electrons. The second-order valence-corrected chi connectivity index (χ2v) is 4.60. The van der Waals surface area contributed by atoms with Crippen molar-refractivity contribution in [1.82, 2.24) is 0 Å². The minimum absolute atomic E-state index is 0. The molecule has 0 aromatic heterocycles. The maximum absolute atomic E-state index is 11.0. The van der Waals surface area contributed by atoms with Crippen LogP contribution in [0.25, 0.3) is 0 Å². The van der Waals surface area contributed by atoms with E-state index in [1.807, 2.05) is 0 Å². The molecule has 1 heterocycles. The summed E-state index contributed by atoms with van der Waals surface area (Å²) in [5.74, 6) is 0.0298. The average molecular weight is 481 g/mol. The molecule has 1 rings (SSSR count). The van der Waals surface area contributed by atoms with E-state index in [1.165, 1.54) is 6.92 Å². The molecular formula is C13H23O4U-. The van der Waals surface area contributed by atoms with E-state index in [9.17, 15) is 4.79 Å². The zero-order valence-electron chi connectivity index (χ0n) is 11.9. The standard InChI is InChI=1S/C13H23O4.U/c1-6-9(3)13(7-2)12(15-5)11(8-16-13)17-10(4)14;/h8-9,11-12H,6-7H2,1-5H3;/q-1;/t9?,11-,12-,13-;/m0./s1. The maximum atomic E-state index is 11.0. The molecule has 1 aliphatic rings. The first-order valence-electron chi connectivity index (χ1n) is 6.23. The second kappa shape index (κ2) is 7.89. The normalized spacial score (nSPS) is 32.7. The Kier molecular flexibility index (Phi) is 8.09. The molecule has 0 saturated carbocycles. The number of rotatable bonds is 5. The first-order valence-corrected chi connectivity index (χ1v) is 6.23. The fraction of sp³-hybridized carbons (Fsp3) is 0.846. The molecule has 0 aromatic carbocycles. The number of hydrogen-bond acceptors (Lipinski definition) is 4. The Morgan fingerprint density at radius 1 is 1.50 bits per heavy atom. The van der Waals surface area contributed by atoms with Crippen molar-refractivity contribution in [3.63, 3.8) is 0 Å². The van der Waals surface area contributed by atoms with Crippen molar-refractivity contribution in [2.45, 2.75) is 58.3 Å². The van der Waals surface area contributed by atoms with Crippen molar-refractivity contribution in [2.24, 2.45) is 5.92 Å². The molecule has 0 spiro atoms. The van der Waals surface area contributed by atoms with Gasteiger partial charge in [0.15, 0.2) is 0 Å². The Morgan fingerprint density at radius 2 is 2.11 bits per heavy atom. The Bertz CT molecular complexity index is 272. The molecule has 4 nitrogen and oxygen atoms in total. The van der Waals surface area contributed by atoms with Crippen LogP contribution in [-0.2, 0) is 19.0 Å². The molecule has 0 N–H and O–H groups in total. The van der Waals surface area contributed by atoms with Crippen molar-refractivity contribution in [2.75, 3.05) is 7.11 Å². The van der Waals surface area contributed by atoms with Crippen LogP contribution in [0.15, 0.2) is 0 Å². The first-order chi connectivity index (χ1) is 8.01. The zero-order valence-corrected chi connectivity index (χ0v) is 16.0. The summed E-state index contributed by atoms with van der Waals surface area (Å²) in [6, 6.07) is 0. The number of methoxy groups -OCH3 is 1. The van der Waals surface area contributed by atoms with Gasteiger partial charge in [0.2, 0.25) is 0 Å². The summed E-state index contributed by atoms with van der Waals surface area (Å²) in [5, 5.41) is 0. The first kappa shape index (κ1) is 18.4. The summed E-state index contributed by atoms with van der Waals surface area (Å²) in [7, 11) is 1.64. The van der Waals surface area contributed by atoms with Crippen molar-refractivity contribution in [1.29, 1.82) is 0 Å². The molecule has 0 amide bonds. The maximum Gasteiger partial charge on any atom is 0.300 e. The minimum atomic E-state index is -0.411. The molecule has 0 radical (unpaired) electrons. The van der Waals surface area contributed by atoms with Crippen molar-refractivity contribution < 1.29 is 50.1 Å². The number of carbonyl (C=O) groups is 1. The van der Waals surface area contributed by atoms with Crippen LogP contribution in [0.3, 0.4) is 0 Å². The molecule has 0 bridgehead atoms. The van der Waals surface area contributed by atoms with Crippen molar-refractivity contribution in [3.8, 4) is 0 Å². The molecule has 18 heavy (non-hydrogen) atoms. The summed E-state index contributed by atoms with van der Waals surface area (Å²) in [6.45, 7) is 9.33. The Morgan fingerprint density at radius 3 is 2.50 bits per heavy atom. The fourth-order valence-electron chi connectivity index (χ4n) is 2.60. The third-order valence-corrected chi connectivity index (χ3v) is 3.76. The Hall–Kier alpha value is 0.442. The molecule has 5 heteroatoms. The van der Waals surface area contributed by atoms with Gasteiger partial charge in [0.25, 0.3) is 5.97 Å². The quantitative estimate of drug-likeness (QED) is 0.447. The van der Waals surface area contributed by atoms with E-state index in [2.05, 4.69) is 20.8 Å². The molecule has 0 aliphatic carbocycles. The third-order valence-electron chi connectivity index (χ3n) is 3.76. The van der Waals surface area contributed by atoms with Gasteiger partial charge in [-0.15, -0.1) is 0 Å². The van der Waals surface area contributed by atoms with E-state index in [1.54, 1.807) is 13.7 Å². The van der Waals surface area contributed by atoms with Gasteiger partial charge in [-0.1, -0.05) is 27.2 Å². The van der Waals surface area contributed by atoms with Gasteiger partial charge in [0.05, 0.1) is 11.7 Å². The van der Waals surface area contributed by atoms with Crippen molar-refractivity contribution >= 4 is 5.97 Å². The molecule has 1 aliphatic heterocycles. The molecule has 1 saturated heterocycles. The summed E-state index contributed by atoms with van der Waals surface area (Å²) in [4.78, 5) is 11.0. The smallest absolute Gasteiger partial charge is 0.300 e. The third kappa shape index (κ3) is 3.51. The van der Waals surface area contributed by atoms with E-state index in [-0.39, 0.29) is 48.8 Å². The summed E-state index contributed by atoms with van der Waals surface area (Å²) in [6.07, 6.45) is 1.18. The van der Waals surface area contributed by atoms with Crippen LogP contribution in [0.5, 0.6) is 0 Å². The van der Waals surface area contributed by atoms with Crippen LogP contribution in [0.2, 0.25) is 0 Å². The van der Waals surface area contributed by atoms with Crippen LogP contribution in [0.4, 0.5) is 0 Å². The largest absolute Gasteiger partial charge is 0.542 e. The minimum Gasteiger partial charge on any atom is -0.542 e. The predicted molar refractivity (Wildman–Crippen MR) is 64.2 cm³/mol. The molecule has 1 fully saturated rings. The Labute approximate surface area is 133 Å². The van der Waals surface area contributed by atoms with Crippen LogP contribution in [0, 0.1) is 43.6 Å². The van der Waals surface area contributed by atoms with E-state index in [0.717, 1.165) is 12.8 Å². The van der Waals surface area contributed by atoms with Crippen LogP contribution < -0.4 is 0 Å². The van der Waals surface area contributed by atoms with E-state index in [4.69, 9.17) is 14.2 Å². The van der Waals surface area contributed by atoms with Gasteiger partial charge in [-0.3, -0.25) is 4.79 Å². The van der Waals surface area contributed by atoms with Gasteiger partial charge in [0, 0.05) is 51.3 Å². The van der Waals surface area contributed by atoms with Crippen LogP contribution in [-0.4, -0.2) is 30.9 Å². The number of carbonyl (C=O) groups excluding carboxylic acids is 1. The van der Waals surface area contributed by atoms with Gasteiger partial charge >= 0.3 is 0 Å². The number of ether oxygens (including phenoxy) is 3. The zero-order chi connectivity index (χ0) is 13.1. The molecular weight excluding hydrogens is 458 g/mol. The molecule has 1 unspecified atom stereocenters. The van der Waals surface area contributed by atoms with Crippen LogP contribution in [0.1, 0.15) is 40.5 Å².